The predicted molar refractivity (Wildman–Crippen MR) is 68.0 cm³/mol. The molecule has 2 rings (SSSR count). The van der Waals surface area contributed by atoms with Crippen molar-refractivity contribution in [2.24, 2.45) is 5.92 Å². The Labute approximate surface area is 98.0 Å². The molecule has 1 N–H and O–H groups in total. The highest BCUT2D eigenvalue weighted by atomic mass is 16.5. The van der Waals surface area contributed by atoms with E-state index in [4.69, 9.17) is 4.74 Å². The molecule has 2 atom stereocenters. The largest absolute Gasteiger partial charge is 0.495 e. The molecule has 0 heterocycles. The molecule has 16 heavy (non-hydrogen) atoms. The number of anilines is 1. The van der Waals surface area contributed by atoms with Gasteiger partial charge in [0, 0.05) is 6.04 Å². The highest BCUT2D eigenvalue weighted by molar-refractivity contribution is 5.56. The van der Waals surface area contributed by atoms with E-state index < -0.39 is 0 Å². The normalized spacial score (nSPS) is 25.1. The van der Waals surface area contributed by atoms with Crippen LogP contribution in [0.5, 0.6) is 5.75 Å². The molecular weight excluding hydrogens is 198 g/mol. The summed E-state index contributed by atoms with van der Waals surface area (Å²) in [5.74, 6) is 1.79. The zero-order chi connectivity index (χ0) is 11.4. The average molecular weight is 219 g/mol. The van der Waals surface area contributed by atoms with E-state index in [0.29, 0.717) is 6.04 Å². The number of benzene rings is 1. The van der Waals surface area contributed by atoms with Crippen LogP contribution < -0.4 is 10.1 Å². The van der Waals surface area contributed by atoms with Crippen molar-refractivity contribution in [2.75, 3.05) is 12.4 Å². The Morgan fingerprint density at radius 1 is 1.25 bits per heavy atom. The Morgan fingerprint density at radius 2 is 2.06 bits per heavy atom. The second-order valence-corrected chi connectivity index (χ2v) is 4.81. The molecule has 1 saturated carbocycles. The van der Waals surface area contributed by atoms with Crippen LogP contribution in [0.3, 0.4) is 0 Å². The molecular formula is C14H21NO. The fourth-order valence-corrected chi connectivity index (χ4v) is 2.55. The van der Waals surface area contributed by atoms with Crippen LogP contribution in [0.2, 0.25) is 0 Å². The molecule has 1 fully saturated rings. The van der Waals surface area contributed by atoms with E-state index in [0.717, 1.165) is 17.4 Å². The van der Waals surface area contributed by atoms with E-state index >= 15 is 0 Å². The number of para-hydroxylation sites is 2. The van der Waals surface area contributed by atoms with Crippen molar-refractivity contribution in [1.82, 2.24) is 0 Å². The molecule has 88 valence electrons. The molecule has 1 aromatic carbocycles. The van der Waals surface area contributed by atoms with E-state index in [1.807, 2.05) is 12.1 Å². The van der Waals surface area contributed by atoms with Crippen molar-refractivity contribution in [1.29, 1.82) is 0 Å². The molecule has 0 aliphatic heterocycles. The molecule has 0 amide bonds. The van der Waals surface area contributed by atoms with Crippen LogP contribution in [0.4, 0.5) is 5.69 Å². The van der Waals surface area contributed by atoms with Crippen LogP contribution >= 0.6 is 0 Å². The minimum absolute atomic E-state index is 0.611. The third-order valence-corrected chi connectivity index (χ3v) is 3.40. The smallest absolute Gasteiger partial charge is 0.141 e. The molecule has 1 aliphatic rings. The van der Waals surface area contributed by atoms with Gasteiger partial charge in [-0.2, -0.15) is 0 Å². The summed E-state index contributed by atoms with van der Waals surface area (Å²) in [5, 5.41) is 3.61. The topological polar surface area (TPSA) is 21.3 Å². The van der Waals surface area contributed by atoms with Crippen LogP contribution in [0.15, 0.2) is 24.3 Å². The van der Waals surface area contributed by atoms with E-state index in [-0.39, 0.29) is 0 Å². The molecule has 0 spiro atoms. The predicted octanol–water partition coefficient (Wildman–Crippen LogP) is 3.69. The summed E-state index contributed by atoms with van der Waals surface area (Å²) in [6, 6.07) is 8.78. The van der Waals surface area contributed by atoms with Gasteiger partial charge in [-0.1, -0.05) is 31.9 Å². The first-order valence-corrected chi connectivity index (χ1v) is 6.19. The van der Waals surface area contributed by atoms with E-state index in [1.54, 1.807) is 7.11 Å². The first kappa shape index (κ1) is 11.3. The minimum Gasteiger partial charge on any atom is -0.495 e. The van der Waals surface area contributed by atoms with Gasteiger partial charge in [0.15, 0.2) is 0 Å². The summed E-state index contributed by atoms with van der Waals surface area (Å²) >= 11 is 0. The Balaban J connectivity index is 2.02. The Hall–Kier alpha value is -1.18. The SMILES string of the molecule is COc1ccccc1NC1CCCC(C)C1. The maximum atomic E-state index is 5.35. The van der Waals surface area contributed by atoms with Gasteiger partial charge in [0.05, 0.1) is 12.8 Å². The molecule has 0 aromatic heterocycles. The van der Waals surface area contributed by atoms with Gasteiger partial charge in [-0.25, -0.2) is 0 Å². The highest BCUT2D eigenvalue weighted by Crippen LogP contribution is 2.29. The van der Waals surface area contributed by atoms with E-state index in [2.05, 4.69) is 24.4 Å². The van der Waals surface area contributed by atoms with E-state index in [9.17, 15) is 0 Å². The quantitative estimate of drug-likeness (QED) is 0.837. The van der Waals surface area contributed by atoms with Crippen LogP contribution in [0.25, 0.3) is 0 Å². The van der Waals surface area contributed by atoms with Gasteiger partial charge in [0.25, 0.3) is 0 Å². The number of hydrogen-bond acceptors (Lipinski definition) is 2. The summed E-state index contributed by atoms with van der Waals surface area (Å²) in [6.07, 6.45) is 5.28. The van der Waals surface area contributed by atoms with Crippen molar-refractivity contribution in [3.63, 3.8) is 0 Å². The third kappa shape index (κ3) is 2.69. The molecule has 0 radical (unpaired) electrons. The van der Waals surface area contributed by atoms with Gasteiger partial charge in [-0.05, 0) is 30.9 Å². The van der Waals surface area contributed by atoms with Crippen LogP contribution in [-0.4, -0.2) is 13.2 Å². The lowest BCUT2D eigenvalue weighted by atomic mass is 9.87. The lowest BCUT2D eigenvalue weighted by molar-refractivity contribution is 0.357. The summed E-state index contributed by atoms with van der Waals surface area (Å²) < 4.78 is 5.35. The average Bonchev–Trinajstić information content (AvgIpc) is 2.30. The second kappa shape index (κ2) is 5.24. The number of methoxy groups -OCH3 is 1. The van der Waals surface area contributed by atoms with Gasteiger partial charge in [-0.3, -0.25) is 0 Å². The van der Waals surface area contributed by atoms with Crippen molar-refractivity contribution in [3.05, 3.63) is 24.3 Å². The minimum atomic E-state index is 0.611. The van der Waals surface area contributed by atoms with Crippen molar-refractivity contribution in [2.45, 2.75) is 38.6 Å². The Kier molecular flexibility index (Phi) is 3.70. The summed E-state index contributed by atoms with van der Waals surface area (Å²) in [6.45, 7) is 2.34. The van der Waals surface area contributed by atoms with Gasteiger partial charge in [0.1, 0.15) is 5.75 Å². The lowest BCUT2D eigenvalue weighted by Crippen LogP contribution is -2.26. The molecule has 0 bridgehead atoms. The zero-order valence-corrected chi connectivity index (χ0v) is 10.2. The molecule has 2 nitrogen and oxygen atoms in total. The molecule has 2 heteroatoms. The monoisotopic (exact) mass is 219 g/mol. The number of ether oxygens (including phenoxy) is 1. The molecule has 1 aliphatic carbocycles. The Bertz CT molecular complexity index is 337. The number of rotatable bonds is 3. The van der Waals surface area contributed by atoms with E-state index in [1.165, 1.54) is 25.7 Å². The Morgan fingerprint density at radius 3 is 2.81 bits per heavy atom. The van der Waals surface area contributed by atoms with Crippen molar-refractivity contribution < 1.29 is 4.74 Å². The van der Waals surface area contributed by atoms with Gasteiger partial charge >= 0.3 is 0 Å². The van der Waals surface area contributed by atoms with Gasteiger partial charge in [0.2, 0.25) is 0 Å². The van der Waals surface area contributed by atoms with Crippen LogP contribution in [0.1, 0.15) is 32.6 Å². The first-order valence-electron chi connectivity index (χ1n) is 6.19. The first-order chi connectivity index (χ1) is 7.79. The lowest BCUT2D eigenvalue weighted by Gasteiger charge is -2.28. The number of nitrogens with one attached hydrogen (secondary N) is 1. The van der Waals surface area contributed by atoms with Crippen LogP contribution in [0, 0.1) is 5.92 Å². The van der Waals surface area contributed by atoms with Crippen molar-refractivity contribution >= 4 is 5.69 Å². The van der Waals surface area contributed by atoms with Crippen LogP contribution in [-0.2, 0) is 0 Å². The molecule has 1 aromatic rings. The summed E-state index contributed by atoms with van der Waals surface area (Å²) in [4.78, 5) is 0. The summed E-state index contributed by atoms with van der Waals surface area (Å²) in [7, 11) is 1.73. The fraction of sp³-hybridized carbons (Fsp3) is 0.571. The highest BCUT2D eigenvalue weighted by Gasteiger charge is 2.19. The molecule has 2 unspecified atom stereocenters. The summed E-state index contributed by atoms with van der Waals surface area (Å²) in [5.41, 5.74) is 1.13. The third-order valence-electron chi connectivity index (χ3n) is 3.40. The second-order valence-electron chi connectivity index (χ2n) is 4.81. The van der Waals surface area contributed by atoms with Crippen molar-refractivity contribution in [3.8, 4) is 5.75 Å². The zero-order valence-electron chi connectivity index (χ0n) is 10.2. The number of hydrogen-bond donors (Lipinski definition) is 1. The standard InChI is InChI=1S/C14H21NO/c1-11-6-5-7-12(10-11)15-13-8-3-4-9-14(13)16-2/h3-4,8-9,11-12,15H,5-7,10H2,1-2H3. The fourth-order valence-electron chi connectivity index (χ4n) is 2.55. The maximum Gasteiger partial charge on any atom is 0.141 e. The molecule has 0 saturated heterocycles. The maximum absolute atomic E-state index is 5.35. The van der Waals surface area contributed by atoms with Gasteiger partial charge in [-0.15, -0.1) is 0 Å². The van der Waals surface area contributed by atoms with Gasteiger partial charge < -0.3 is 10.1 Å².